The van der Waals surface area contributed by atoms with E-state index in [0.717, 1.165) is 4.90 Å². The van der Waals surface area contributed by atoms with Gasteiger partial charge in [-0.15, -0.1) is 11.8 Å². The van der Waals surface area contributed by atoms with E-state index < -0.39 is 4.92 Å². The van der Waals surface area contributed by atoms with E-state index in [-0.39, 0.29) is 17.4 Å². The minimum Gasteiger partial charge on any atom is -0.432 e. The number of hydrogen-bond donors (Lipinski definition) is 2. The fourth-order valence-corrected chi connectivity index (χ4v) is 2.06. The van der Waals surface area contributed by atoms with Crippen molar-refractivity contribution in [1.29, 1.82) is 0 Å². The van der Waals surface area contributed by atoms with Crippen LogP contribution in [-0.2, 0) is 0 Å². The summed E-state index contributed by atoms with van der Waals surface area (Å²) in [5.74, 6) is 5.94. The predicted octanol–water partition coefficient (Wildman–Crippen LogP) is 2.79. The molecule has 0 radical (unpaired) electrons. The third-order valence-corrected chi connectivity index (χ3v) is 3.24. The molecule has 7 nitrogen and oxygen atoms in total. The van der Waals surface area contributed by atoms with Crippen LogP contribution in [0, 0.1) is 10.1 Å². The van der Waals surface area contributed by atoms with Crippen LogP contribution in [0.4, 0.5) is 11.5 Å². The van der Waals surface area contributed by atoms with Gasteiger partial charge in [0.05, 0.1) is 4.92 Å². The zero-order valence-electron chi connectivity index (χ0n) is 10.6. The average molecular weight is 292 g/mol. The molecule has 2 rings (SSSR count). The molecule has 0 unspecified atom stereocenters. The van der Waals surface area contributed by atoms with Gasteiger partial charge in [-0.05, 0) is 24.5 Å². The molecule has 1 heterocycles. The van der Waals surface area contributed by atoms with E-state index in [9.17, 15) is 10.1 Å². The fraction of sp³-hybridized carbons (Fsp3) is 0.0833. The number of nitrogens with two attached hydrogens (primary N) is 1. The van der Waals surface area contributed by atoms with Gasteiger partial charge in [-0.2, -0.15) is 4.98 Å². The van der Waals surface area contributed by atoms with Crippen LogP contribution in [0.15, 0.2) is 41.3 Å². The number of hydrazine groups is 1. The highest BCUT2D eigenvalue weighted by Crippen LogP contribution is 2.35. The first-order chi connectivity index (χ1) is 9.65. The van der Waals surface area contributed by atoms with Gasteiger partial charge in [0.1, 0.15) is 11.6 Å². The molecular formula is C12H12N4O3S. The minimum absolute atomic E-state index is 0.105. The van der Waals surface area contributed by atoms with E-state index in [4.69, 9.17) is 10.6 Å². The zero-order valence-corrected chi connectivity index (χ0v) is 11.4. The lowest BCUT2D eigenvalue weighted by atomic mass is 10.3. The second-order valence-corrected chi connectivity index (χ2v) is 4.52. The molecule has 0 aliphatic carbocycles. The van der Waals surface area contributed by atoms with Crippen molar-refractivity contribution in [3.63, 3.8) is 0 Å². The molecule has 8 heteroatoms. The summed E-state index contributed by atoms with van der Waals surface area (Å²) in [4.78, 5) is 15.3. The lowest BCUT2D eigenvalue weighted by Crippen LogP contribution is -2.09. The van der Waals surface area contributed by atoms with Gasteiger partial charge in [-0.3, -0.25) is 10.1 Å². The van der Waals surface area contributed by atoms with Gasteiger partial charge in [0.25, 0.3) is 0 Å². The normalized spacial score (nSPS) is 10.1. The number of aromatic nitrogens is 1. The van der Waals surface area contributed by atoms with E-state index >= 15 is 0 Å². The Morgan fingerprint density at radius 3 is 2.75 bits per heavy atom. The van der Waals surface area contributed by atoms with Crippen molar-refractivity contribution in [1.82, 2.24) is 4.98 Å². The molecule has 0 aliphatic heterocycles. The maximum Gasteiger partial charge on any atom is 0.331 e. The van der Waals surface area contributed by atoms with Crippen molar-refractivity contribution < 1.29 is 9.66 Å². The summed E-state index contributed by atoms with van der Waals surface area (Å²) < 4.78 is 5.57. The van der Waals surface area contributed by atoms with Gasteiger partial charge < -0.3 is 10.2 Å². The van der Waals surface area contributed by atoms with Crippen molar-refractivity contribution in [3.05, 3.63) is 46.5 Å². The number of hydrogen-bond acceptors (Lipinski definition) is 7. The highest BCUT2D eigenvalue weighted by atomic mass is 32.2. The maximum absolute atomic E-state index is 11.0. The smallest absolute Gasteiger partial charge is 0.331 e. The lowest BCUT2D eigenvalue weighted by molar-refractivity contribution is -0.386. The summed E-state index contributed by atoms with van der Waals surface area (Å²) in [6.45, 7) is 0. The van der Waals surface area contributed by atoms with Crippen molar-refractivity contribution in [2.75, 3.05) is 11.7 Å². The number of anilines is 1. The number of para-hydroxylation sites is 1. The number of nitrogen functional groups attached to an aromatic ring is 1. The summed E-state index contributed by atoms with van der Waals surface area (Å²) in [7, 11) is 0. The molecule has 0 atom stereocenters. The highest BCUT2D eigenvalue weighted by molar-refractivity contribution is 7.98. The number of benzene rings is 1. The zero-order chi connectivity index (χ0) is 14.5. The predicted molar refractivity (Wildman–Crippen MR) is 77.0 cm³/mol. The standard InChI is InChI=1S/C12H12N4O3S/c1-20-10-5-3-2-4-9(10)19-12-8(16(17)18)6-7-11(14-12)15-13/h2-7H,13H2,1H3,(H,14,15). The first-order valence-corrected chi connectivity index (χ1v) is 6.81. The van der Waals surface area contributed by atoms with Gasteiger partial charge in [0.2, 0.25) is 0 Å². The number of thioether (sulfide) groups is 1. The topological polar surface area (TPSA) is 103 Å². The molecule has 0 saturated heterocycles. The Morgan fingerprint density at radius 2 is 2.10 bits per heavy atom. The van der Waals surface area contributed by atoms with Crippen molar-refractivity contribution in [2.24, 2.45) is 5.84 Å². The molecule has 1 aromatic carbocycles. The largest absolute Gasteiger partial charge is 0.432 e. The van der Waals surface area contributed by atoms with Gasteiger partial charge in [-0.1, -0.05) is 12.1 Å². The molecule has 0 bridgehead atoms. The van der Waals surface area contributed by atoms with Crippen molar-refractivity contribution in [2.45, 2.75) is 4.90 Å². The summed E-state index contributed by atoms with van der Waals surface area (Å²) in [5, 5.41) is 11.0. The second kappa shape index (κ2) is 6.22. The number of pyridine rings is 1. The van der Waals surface area contributed by atoms with Gasteiger partial charge in [0, 0.05) is 11.0 Å². The third-order valence-electron chi connectivity index (χ3n) is 2.46. The molecule has 0 spiro atoms. The molecule has 0 fully saturated rings. The summed E-state index contributed by atoms with van der Waals surface area (Å²) in [6, 6.07) is 9.92. The number of ether oxygens (including phenoxy) is 1. The molecule has 1 aromatic heterocycles. The fourth-order valence-electron chi connectivity index (χ4n) is 1.53. The van der Waals surface area contributed by atoms with Crippen LogP contribution < -0.4 is 16.0 Å². The van der Waals surface area contributed by atoms with Crippen LogP contribution >= 0.6 is 11.8 Å². The van der Waals surface area contributed by atoms with E-state index in [1.54, 1.807) is 12.1 Å². The Bertz CT molecular complexity index is 636. The number of nitro groups is 1. The van der Waals surface area contributed by atoms with E-state index in [1.807, 2.05) is 18.4 Å². The van der Waals surface area contributed by atoms with Gasteiger partial charge in [-0.25, -0.2) is 5.84 Å². The van der Waals surface area contributed by atoms with Crippen LogP contribution in [-0.4, -0.2) is 16.2 Å². The van der Waals surface area contributed by atoms with Crippen LogP contribution in [0.5, 0.6) is 11.6 Å². The van der Waals surface area contributed by atoms with E-state index in [0.29, 0.717) is 5.75 Å². The maximum atomic E-state index is 11.0. The summed E-state index contributed by atoms with van der Waals surface area (Å²) >= 11 is 1.48. The monoisotopic (exact) mass is 292 g/mol. The third kappa shape index (κ3) is 2.98. The Balaban J connectivity index is 2.43. The summed E-state index contributed by atoms with van der Waals surface area (Å²) in [5.41, 5.74) is 2.11. The second-order valence-electron chi connectivity index (χ2n) is 3.68. The number of nitrogens with one attached hydrogen (secondary N) is 1. The first-order valence-electron chi connectivity index (χ1n) is 5.58. The molecule has 0 aliphatic rings. The molecule has 2 aromatic rings. The molecule has 20 heavy (non-hydrogen) atoms. The molecule has 3 N–H and O–H groups in total. The number of nitrogens with zero attached hydrogens (tertiary/aromatic N) is 2. The quantitative estimate of drug-likeness (QED) is 0.378. The van der Waals surface area contributed by atoms with Crippen LogP contribution in [0.1, 0.15) is 0 Å². The Kier molecular flexibility index (Phi) is 4.38. The highest BCUT2D eigenvalue weighted by Gasteiger charge is 2.19. The van der Waals surface area contributed by atoms with Crippen LogP contribution in [0.25, 0.3) is 0 Å². The first kappa shape index (κ1) is 14.1. The molecule has 0 amide bonds. The van der Waals surface area contributed by atoms with Gasteiger partial charge >= 0.3 is 11.6 Å². The molecule has 104 valence electrons. The Morgan fingerprint density at radius 1 is 1.35 bits per heavy atom. The number of rotatable bonds is 5. The Hall–Kier alpha value is -2.32. The minimum atomic E-state index is -0.551. The van der Waals surface area contributed by atoms with E-state index in [2.05, 4.69) is 10.4 Å². The average Bonchev–Trinajstić information content (AvgIpc) is 2.47. The SMILES string of the molecule is CSc1ccccc1Oc1nc(NN)ccc1[N+](=O)[O-]. The van der Waals surface area contributed by atoms with Crippen LogP contribution in [0.2, 0.25) is 0 Å². The Labute approximate surface area is 119 Å². The van der Waals surface area contributed by atoms with Crippen molar-refractivity contribution >= 4 is 23.3 Å². The molecule has 0 saturated carbocycles. The lowest BCUT2D eigenvalue weighted by Gasteiger charge is -2.09. The van der Waals surface area contributed by atoms with Crippen LogP contribution in [0.3, 0.4) is 0 Å². The van der Waals surface area contributed by atoms with Gasteiger partial charge in [0.15, 0.2) is 0 Å². The van der Waals surface area contributed by atoms with E-state index in [1.165, 1.54) is 23.9 Å². The summed E-state index contributed by atoms with van der Waals surface area (Å²) in [6.07, 6.45) is 1.89. The molecular weight excluding hydrogens is 280 g/mol. The van der Waals surface area contributed by atoms with Crippen molar-refractivity contribution in [3.8, 4) is 11.6 Å².